The van der Waals surface area contributed by atoms with E-state index in [-0.39, 0.29) is 67.2 Å². The van der Waals surface area contributed by atoms with Crippen LogP contribution in [0.4, 0.5) is 0 Å². The molecule has 81 heavy (non-hydrogen) atoms. The number of nitrogens with one attached hydrogen (secondary N) is 6. The Labute approximate surface area is 477 Å². The summed E-state index contributed by atoms with van der Waals surface area (Å²) in [5.74, 6) is -2.39. The van der Waals surface area contributed by atoms with Crippen molar-refractivity contribution in [3.8, 4) is 0 Å². The molecule has 16 nitrogen and oxygen atoms in total. The van der Waals surface area contributed by atoms with Gasteiger partial charge in [-0.2, -0.15) is 0 Å². The minimum atomic E-state index is -0.979. The van der Waals surface area contributed by atoms with Crippen molar-refractivity contribution in [2.75, 3.05) is 27.2 Å². The molecule has 1 fully saturated rings. The van der Waals surface area contributed by atoms with Crippen molar-refractivity contribution >= 4 is 52.1 Å². The Morgan fingerprint density at radius 3 is 1.80 bits per heavy atom. The summed E-state index contributed by atoms with van der Waals surface area (Å²) in [6, 6.07) is 31.0. The fourth-order valence-corrected chi connectivity index (χ4v) is 11.5. The largest absolute Gasteiger partial charge is 0.347 e. The minimum absolute atomic E-state index is 0.0231. The number of nitrogens with zero attached hydrogens (tertiary/aromatic N) is 3. The third-order valence-corrected chi connectivity index (χ3v) is 16.8. The zero-order chi connectivity index (χ0) is 58.5. The highest BCUT2D eigenvalue weighted by molar-refractivity contribution is 5.99. The van der Waals surface area contributed by atoms with Crippen molar-refractivity contribution in [3.63, 3.8) is 0 Å². The molecule has 0 radical (unpaired) electrons. The molecule has 6 N–H and O–H groups in total. The Morgan fingerprint density at radius 1 is 0.630 bits per heavy atom. The fourth-order valence-electron chi connectivity index (χ4n) is 11.5. The lowest BCUT2D eigenvalue weighted by molar-refractivity contribution is -0.144. The smallest absolute Gasteiger partial charge is 0.254 e. The van der Waals surface area contributed by atoms with Crippen LogP contribution in [-0.4, -0.2) is 126 Å². The lowest BCUT2D eigenvalue weighted by atomic mass is 9.84. The number of amides is 7. The molecule has 1 saturated heterocycles. The van der Waals surface area contributed by atoms with Crippen LogP contribution in [0.2, 0.25) is 0 Å². The normalized spacial score (nSPS) is 19.9. The van der Waals surface area contributed by atoms with Crippen molar-refractivity contribution in [2.45, 2.75) is 155 Å². The molecule has 5 aromatic carbocycles. The van der Waals surface area contributed by atoms with Gasteiger partial charge in [-0.05, 0) is 147 Å². The second-order valence-electron chi connectivity index (χ2n) is 24.6. The van der Waals surface area contributed by atoms with E-state index in [1.54, 1.807) is 57.1 Å². The van der Waals surface area contributed by atoms with Crippen LogP contribution in [0.25, 0.3) is 10.8 Å². The summed E-state index contributed by atoms with van der Waals surface area (Å²) in [6.07, 6.45) is 3.16. The molecule has 7 amide bonds. The van der Waals surface area contributed by atoms with E-state index in [1.807, 2.05) is 126 Å². The summed E-state index contributed by atoms with van der Waals surface area (Å²) < 4.78 is 0. The second-order valence-corrected chi connectivity index (χ2v) is 24.6. The molecule has 0 spiro atoms. The first-order valence-corrected chi connectivity index (χ1v) is 28.7. The monoisotopic (exact) mass is 1100 g/mol. The first-order valence-electron chi connectivity index (χ1n) is 28.7. The molecule has 3 aliphatic rings. The lowest BCUT2D eigenvalue weighted by Crippen LogP contribution is -2.61. The lowest BCUT2D eigenvalue weighted by Gasteiger charge is -2.44. The summed E-state index contributed by atoms with van der Waals surface area (Å²) in [5, 5.41) is 20.3. The highest BCUT2D eigenvalue weighted by Gasteiger charge is 2.47. The standard InChI is InChI=1S/C65H83N9O7/c1-39(66-10)57(75)70-55(64(4,5)6)62(80)73-36-49-23-15-14-22-48(49)34-51(73)38-72(41(3)46-32-27-42-19-12-13-21-47(42)33-46)61(79)45-30-28-44(29-31-45)59(77)68-50-35-54(60(78)69-53-26-18-24-43-20-16-17-25-52(43)53)74(37-50)63(81)56(65(7,8)9)71-58(76)40(2)67-11/h12-17,19-23,25,27-33,39-41,50-51,53-56,66-67H,18,24,26,34-38H2,1-11H3,(H,68,77)(H,69,78)(H,70,75)(H,71,76)/t39-,40-,41+,50-,51-,53+,54-,55?,56+/m0/s1. The van der Waals surface area contributed by atoms with E-state index in [0.29, 0.717) is 12.0 Å². The average Bonchev–Trinajstić information content (AvgIpc) is 3.94. The maximum atomic E-state index is 15.3. The number of likely N-dealkylation sites (N-methyl/N-ethyl adjacent to an activating group) is 2. The molecule has 2 heterocycles. The van der Waals surface area contributed by atoms with Crippen molar-refractivity contribution in [3.05, 3.63) is 154 Å². The number of fused-ring (bicyclic) bond motifs is 3. The van der Waals surface area contributed by atoms with Gasteiger partial charge in [-0.1, -0.05) is 126 Å². The van der Waals surface area contributed by atoms with Crippen LogP contribution in [0.1, 0.15) is 142 Å². The Kier molecular flexibility index (Phi) is 18.5. The van der Waals surface area contributed by atoms with Crippen molar-refractivity contribution < 1.29 is 33.6 Å². The van der Waals surface area contributed by atoms with E-state index in [4.69, 9.17) is 0 Å². The first kappa shape index (κ1) is 59.7. The van der Waals surface area contributed by atoms with E-state index in [0.717, 1.165) is 52.3 Å². The molecular formula is C65H83N9O7. The Morgan fingerprint density at radius 2 is 1.19 bits per heavy atom. The summed E-state index contributed by atoms with van der Waals surface area (Å²) in [7, 11) is 3.37. The van der Waals surface area contributed by atoms with E-state index >= 15 is 9.59 Å². The topological polar surface area (TPSA) is 201 Å². The predicted molar refractivity (Wildman–Crippen MR) is 316 cm³/mol. The number of aryl methyl sites for hydroxylation is 1. The molecule has 16 heteroatoms. The molecule has 1 aliphatic carbocycles. The summed E-state index contributed by atoms with van der Waals surface area (Å²) in [6.45, 7) is 17.3. The number of likely N-dealkylation sites (tertiary alicyclic amines) is 1. The van der Waals surface area contributed by atoms with Crippen molar-refractivity contribution in [1.29, 1.82) is 0 Å². The first-order chi connectivity index (χ1) is 38.5. The Balaban J connectivity index is 1.07. The molecule has 8 rings (SSSR count). The fraction of sp³-hybridized carbons (Fsp3) is 0.462. The van der Waals surface area contributed by atoms with Crippen LogP contribution in [0.3, 0.4) is 0 Å². The van der Waals surface area contributed by atoms with Crippen molar-refractivity contribution in [1.82, 2.24) is 46.6 Å². The molecule has 9 atom stereocenters. The third-order valence-electron chi connectivity index (χ3n) is 16.8. The van der Waals surface area contributed by atoms with Crippen LogP contribution >= 0.6 is 0 Å². The van der Waals surface area contributed by atoms with Gasteiger partial charge in [0.2, 0.25) is 29.5 Å². The number of carbonyl (C=O) groups excluding carboxylic acids is 7. The maximum absolute atomic E-state index is 15.3. The van der Waals surface area contributed by atoms with Crippen LogP contribution in [0, 0.1) is 10.8 Å². The predicted octanol–water partition coefficient (Wildman–Crippen LogP) is 7.17. The maximum Gasteiger partial charge on any atom is 0.254 e. The summed E-state index contributed by atoms with van der Waals surface area (Å²) in [4.78, 5) is 106. The van der Waals surface area contributed by atoms with Gasteiger partial charge < -0.3 is 46.6 Å². The molecule has 0 aromatic heterocycles. The van der Waals surface area contributed by atoms with Gasteiger partial charge in [-0.3, -0.25) is 33.6 Å². The highest BCUT2D eigenvalue weighted by Crippen LogP contribution is 2.34. The van der Waals surface area contributed by atoms with Crippen LogP contribution < -0.4 is 31.9 Å². The van der Waals surface area contributed by atoms with Crippen LogP contribution in [0.15, 0.2) is 115 Å². The molecule has 2 aliphatic heterocycles. The summed E-state index contributed by atoms with van der Waals surface area (Å²) in [5.41, 5.74) is 4.41. The number of hydrogen-bond donors (Lipinski definition) is 6. The van der Waals surface area contributed by atoms with Crippen LogP contribution in [0.5, 0.6) is 0 Å². The third kappa shape index (κ3) is 13.7. The molecule has 430 valence electrons. The number of carbonyl (C=O) groups is 7. The average molecular weight is 1100 g/mol. The van der Waals surface area contributed by atoms with Crippen molar-refractivity contribution in [2.24, 2.45) is 10.8 Å². The van der Waals surface area contributed by atoms with E-state index in [9.17, 15) is 24.0 Å². The van der Waals surface area contributed by atoms with Gasteiger partial charge in [0, 0.05) is 36.8 Å². The number of hydrogen-bond acceptors (Lipinski definition) is 9. The summed E-state index contributed by atoms with van der Waals surface area (Å²) >= 11 is 0. The number of benzene rings is 5. The molecular weight excluding hydrogens is 1020 g/mol. The van der Waals surface area contributed by atoms with Crippen LogP contribution in [-0.2, 0) is 43.4 Å². The second kappa shape index (κ2) is 25.2. The van der Waals surface area contributed by atoms with E-state index < -0.39 is 71.0 Å². The molecule has 0 bridgehead atoms. The molecule has 1 unspecified atom stereocenters. The SMILES string of the molecule is CN[C@@H](C)C(=O)NC(C(=O)N1Cc2ccccc2C[C@H]1CN(C(=O)c1ccc(C(=O)N[C@H]2C[C@@H](C(=O)N[C@@H]3CCCc4ccccc43)N(C(=O)[C@@H](NC(=O)[C@H](C)NC)C(C)(C)C)C2)cc1)[C@H](C)c1ccc2ccccc2c1)C(C)(C)C. The zero-order valence-electron chi connectivity index (χ0n) is 49.0. The quantitative estimate of drug-likeness (QED) is 0.0559. The Hall–Kier alpha value is -7.43. The van der Waals surface area contributed by atoms with Gasteiger partial charge in [0.25, 0.3) is 11.8 Å². The van der Waals surface area contributed by atoms with Gasteiger partial charge in [0.15, 0.2) is 0 Å². The van der Waals surface area contributed by atoms with E-state index in [2.05, 4.69) is 50.1 Å². The Bertz CT molecular complexity index is 3130. The zero-order valence-corrected chi connectivity index (χ0v) is 49.0. The van der Waals surface area contributed by atoms with Gasteiger partial charge in [-0.15, -0.1) is 0 Å². The number of rotatable bonds is 17. The highest BCUT2D eigenvalue weighted by atomic mass is 16.2. The van der Waals surface area contributed by atoms with Gasteiger partial charge in [0.1, 0.15) is 18.1 Å². The van der Waals surface area contributed by atoms with Gasteiger partial charge >= 0.3 is 0 Å². The van der Waals surface area contributed by atoms with E-state index in [1.165, 1.54) is 10.5 Å². The van der Waals surface area contributed by atoms with Gasteiger partial charge in [-0.25, -0.2) is 0 Å². The molecule has 5 aromatic rings. The van der Waals surface area contributed by atoms with Gasteiger partial charge in [0.05, 0.1) is 30.2 Å². The minimum Gasteiger partial charge on any atom is -0.347 e. The molecule has 0 saturated carbocycles.